The smallest absolute Gasteiger partial charge is 0.137 e. The van der Waals surface area contributed by atoms with Gasteiger partial charge in [-0.25, -0.2) is 0 Å². The maximum Gasteiger partial charge on any atom is 0.137 e. The van der Waals surface area contributed by atoms with E-state index >= 15 is 0 Å². The van der Waals surface area contributed by atoms with Crippen LogP contribution < -0.4 is 4.90 Å². The molecule has 0 saturated carbocycles. The fourth-order valence-electron chi connectivity index (χ4n) is 2.06. The first-order chi connectivity index (χ1) is 11.1. The van der Waals surface area contributed by atoms with Crippen molar-refractivity contribution in [3.63, 3.8) is 0 Å². The number of hydrogen-bond acceptors (Lipinski definition) is 4. The summed E-state index contributed by atoms with van der Waals surface area (Å²) in [5.41, 5.74) is 2.93. The predicted octanol–water partition coefficient (Wildman–Crippen LogP) is 3.93. The highest BCUT2D eigenvalue weighted by atomic mass is 16.5. The summed E-state index contributed by atoms with van der Waals surface area (Å²) in [6.45, 7) is 0. The van der Waals surface area contributed by atoms with Gasteiger partial charge in [0.05, 0.1) is 6.26 Å². The molecule has 1 aliphatic heterocycles. The lowest BCUT2D eigenvalue weighted by Crippen LogP contribution is -2.07. The van der Waals surface area contributed by atoms with Crippen molar-refractivity contribution in [2.75, 3.05) is 19.0 Å². The standard InChI is InChI=1S/C19H17N3O/c1-22(2)18-8-6-15(7-9-18)4-3-5-19-12-16(10-11-23-19)17(13-20)14-21/h3-4,6-12H,5H2,1-2H3/b4-3+. The third-order valence-corrected chi connectivity index (χ3v) is 3.33. The molecule has 1 heterocycles. The van der Waals surface area contributed by atoms with Crippen molar-refractivity contribution in [2.24, 2.45) is 0 Å². The van der Waals surface area contributed by atoms with Crippen molar-refractivity contribution in [2.45, 2.75) is 6.42 Å². The molecule has 0 saturated heterocycles. The number of allylic oxidation sites excluding steroid dienone is 5. The van der Waals surface area contributed by atoms with Crippen LogP contribution in [0.2, 0.25) is 0 Å². The molecular formula is C19H17N3O. The van der Waals surface area contributed by atoms with Crippen LogP contribution in [0.4, 0.5) is 5.69 Å². The van der Waals surface area contributed by atoms with Crippen LogP contribution in [0, 0.1) is 22.7 Å². The summed E-state index contributed by atoms with van der Waals surface area (Å²) in [6.07, 6.45) is 9.44. The first kappa shape index (κ1) is 16.1. The minimum absolute atomic E-state index is 0.0882. The highest BCUT2D eigenvalue weighted by molar-refractivity contribution is 5.56. The fraction of sp³-hybridized carbons (Fsp3) is 0.158. The molecule has 1 aromatic carbocycles. The van der Waals surface area contributed by atoms with Gasteiger partial charge in [-0.3, -0.25) is 0 Å². The second-order valence-electron chi connectivity index (χ2n) is 5.18. The number of nitrogens with zero attached hydrogens (tertiary/aromatic N) is 3. The average molecular weight is 303 g/mol. The lowest BCUT2D eigenvalue weighted by Gasteiger charge is -2.12. The summed E-state index contributed by atoms with van der Waals surface area (Å²) in [7, 11) is 4.01. The third kappa shape index (κ3) is 4.36. The Labute approximate surface area is 136 Å². The zero-order chi connectivity index (χ0) is 16.7. The van der Waals surface area contributed by atoms with Gasteiger partial charge in [0.1, 0.15) is 23.5 Å². The summed E-state index contributed by atoms with van der Waals surface area (Å²) in [5, 5.41) is 17.8. The lowest BCUT2D eigenvalue weighted by molar-refractivity contribution is 0.338. The number of nitriles is 2. The number of hydrogen-bond donors (Lipinski definition) is 0. The highest BCUT2D eigenvalue weighted by Crippen LogP contribution is 2.20. The van der Waals surface area contributed by atoms with E-state index in [0.717, 1.165) is 11.3 Å². The van der Waals surface area contributed by atoms with Crippen molar-refractivity contribution in [3.05, 3.63) is 71.2 Å². The van der Waals surface area contributed by atoms with Crippen LogP contribution in [0.25, 0.3) is 6.08 Å². The van der Waals surface area contributed by atoms with Gasteiger partial charge in [0, 0.05) is 31.8 Å². The molecule has 1 aliphatic rings. The molecular weight excluding hydrogens is 286 g/mol. The van der Waals surface area contributed by atoms with Gasteiger partial charge in [0.15, 0.2) is 0 Å². The SMILES string of the molecule is CN(C)c1ccc(/C=C/CC2=CC(=C(C#N)C#N)C=CO2)cc1. The van der Waals surface area contributed by atoms with E-state index in [1.165, 1.54) is 6.26 Å². The minimum Gasteiger partial charge on any atom is -0.469 e. The first-order valence-electron chi connectivity index (χ1n) is 7.16. The molecule has 4 heteroatoms. The Morgan fingerprint density at radius 1 is 1.17 bits per heavy atom. The number of anilines is 1. The van der Waals surface area contributed by atoms with E-state index < -0.39 is 0 Å². The molecule has 23 heavy (non-hydrogen) atoms. The van der Waals surface area contributed by atoms with Crippen LogP contribution in [0.1, 0.15) is 12.0 Å². The Bertz CT molecular complexity index is 750. The van der Waals surface area contributed by atoms with Gasteiger partial charge in [-0.2, -0.15) is 10.5 Å². The van der Waals surface area contributed by atoms with Crippen molar-refractivity contribution >= 4 is 11.8 Å². The van der Waals surface area contributed by atoms with Crippen LogP contribution in [-0.2, 0) is 4.74 Å². The predicted molar refractivity (Wildman–Crippen MR) is 91.0 cm³/mol. The largest absolute Gasteiger partial charge is 0.469 e. The van der Waals surface area contributed by atoms with E-state index in [2.05, 4.69) is 29.2 Å². The van der Waals surface area contributed by atoms with Crippen molar-refractivity contribution in [1.29, 1.82) is 10.5 Å². The minimum atomic E-state index is 0.0882. The Morgan fingerprint density at radius 2 is 1.87 bits per heavy atom. The number of rotatable bonds is 4. The maximum atomic E-state index is 8.90. The first-order valence-corrected chi connectivity index (χ1v) is 7.16. The van der Waals surface area contributed by atoms with Crippen LogP contribution in [0.5, 0.6) is 0 Å². The summed E-state index contributed by atoms with van der Waals surface area (Å²) in [5.74, 6) is 0.701. The van der Waals surface area contributed by atoms with Crippen LogP contribution >= 0.6 is 0 Å². The average Bonchev–Trinajstić information content (AvgIpc) is 2.57. The summed E-state index contributed by atoms with van der Waals surface area (Å²) < 4.78 is 5.41. The second kappa shape index (κ2) is 7.68. The molecule has 0 bridgehead atoms. The van der Waals surface area contributed by atoms with E-state index in [1.54, 1.807) is 12.2 Å². The molecule has 0 fully saturated rings. The quantitative estimate of drug-likeness (QED) is 0.791. The zero-order valence-electron chi connectivity index (χ0n) is 13.2. The van der Waals surface area contributed by atoms with Crippen LogP contribution in [-0.4, -0.2) is 14.1 Å². The second-order valence-corrected chi connectivity index (χ2v) is 5.18. The van der Waals surface area contributed by atoms with Gasteiger partial charge in [-0.1, -0.05) is 24.3 Å². The lowest BCUT2D eigenvalue weighted by atomic mass is 10.1. The number of ether oxygens (including phenoxy) is 1. The maximum absolute atomic E-state index is 8.90. The number of benzene rings is 1. The van der Waals surface area contributed by atoms with Crippen LogP contribution in [0.15, 0.2) is 65.7 Å². The zero-order valence-corrected chi connectivity index (χ0v) is 13.2. The van der Waals surface area contributed by atoms with E-state index in [0.29, 0.717) is 17.8 Å². The fourth-order valence-corrected chi connectivity index (χ4v) is 2.06. The summed E-state index contributed by atoms with van der Waals surface area (Å²) in [4.78, 5) is 2.05. The molecule has 0 aromatic heterocycles. The molecule has 2 rings (SSSR count). The van der Waals surface area contributed by atoms with Gasteiger partial charge in [0.2, 0.25) is 0 Å². The molecule has 1 aromatic rings. The van der Waals surface area contributed by atoms with E-state index in [-0.39, 0.29) is 5.57 Å². The van der Waals surface area contributed by atoms with Gasteiger partial charge in [-0.15, -0.1) is 0 Å². The highest BCUT2D eigenvalue weighted by Gasteiger charge is 2.07. The molecule has 4 nitrogen and oxygen atoms in total. The molecule has 0 atom stereocenters. The van der Waals surface area contributed by atoms with Gasteiger partial charge < -0.3 is 9.64 Å². The Morgan fingerprint density at radius 3 is 2.48 bits per heavy atom. The van der Waals surface area contributed by atoms with Crippen molar-refractivity contribution in [1.82, 2.24) is 0 Å². The third-order valence-electron chi connectivity index (χ3n) is 3.33. The molecule has 0 aliphatic carbocycles. The summed E-state index contributed by atoms with van der Waals surface area (Å²) in [6, 6.07) is 12.0. The van der Waals surface area contributed by atoms with E-state index in [9.17, 15) is 0 Å². The molecule has 0 radical (unpaired) electrons. The van der Waals surface area contributed by atoms with Crippen LogP contribution in [0.3, 0.4) is 0 Å². The summed E-state index contributed by atoms with van der Waals surface area (Å²) >= 11 is 0. The monoisotopic (exact) mass is 303 g/mol. The van der Waals surface area contributed by atoms with Crippen molar-refractivity contribution < 1.29 is 4.74 Å². The molecule has 0 spiro atoms. The Hall–Kier alpha value is -3.24. The Balaban J connectivity index is 2.05. The molecule has 0 unspecified atom stereocenters. The van der Waals surface area contributed by atoms with Crippen molar-refractivity contribution in [3.8, 4) is 12.1 Å². The normalized spacial score (nSPS) is 13.0. The van der Waals surface area contributed by atoms with E-state index in [1.807, 2.05) is 38.4 Å². The topological polar surface area (TPSA) is 60.0 Å². The van der Waals surface area contributed by atoms with Gasteiger partial charge in [0.25, 0.3) is 0 Å². The molecule has 114 valence electrons. The Kier molecular flexibility index (Phi) is 5.39. The molecule has 0 amide bonds. The van der Waals surface area contributed by atoms with Gasteiger partial charge >= 0.3 is 0 Å². The van der Waals surface area contributed by atoms with E-state index in [4.69, 9.17) is 15.3 Å². The molecule has 0 N–H and O–H groups in total. The van der Waals surface area contributed by atoms with Gasteiger partial charge in [-0.05, 0) is 29.8 Å².